The summed E-state index contributed by atoms with van der Waals surface area (Å²) in [5.74, 6) is 0.101. The molecule has 1 aromatic heterocycles. The Morgan fingerprint density at radius 3 is 2.96 bits per heavy atom. The average molecular weight is 349 g/mol. The second kappa shape index (κ2) is 8.44. The highest BCUT2D eigenvalue weighted by molar-refractivity contribution is 5.78. The van der Waals surface area contributed by atoms with Gasteiger partial charge in [0.1, 0.15) is 0 Å². The van der Waals surface area contributed by atoms with Gasteiger partial charge in [-0.05, 0) is 18.9 Å². The number of carbonyl (C=O) groups is 2. The summed E-state index contributed by atoms with van der Waals surface area (Å²) >= 11 is 0. The van der Waals surface area contributed by atoms with Crippen LogP contribution in [-0.2, 0) is 20.9 Å². The van der Waals surface area contributed by atoms with Gasteiger partial charge in [-0.2, -0.15) is 5.10 Å². The number of piperidine rings is 1. The van der Waals surface area contributed by atoms with Crippen molar-refractivity contribution in [2.75, 3.05) is 39.3 Å². The van der Waals surface area contributed by atoms with Gasteiger partial charge in [0.05, 0.1) is 25.8 Å². The number of ether oxygens (including phenoxy) is 1. The van der Waals surface area contributed by atoms with Crippen LogP contribution in [0.5, 0.6) is 0 Å². The number of carbonyl (C=O) groups excluding carboxylic acids is 2. The third kappa shape index (κ3) is 5.27. The zero-order chi connectivity index (χ0) is 17.6. The fraction of sp³-hybridized carbons (Fsp3) is 0.706. The average Bonchev–Trinajstić information content (AvgIpc) is 3.08. The Bertz CT molecular complexity index is 577. The lowest BCUT2D eigenvalue weighted by atomic mass is 10.1. The normalized spacial score (nSPS) is 24.9. The molecule has 0 radical (unpaired) electrons. The summed E-state index contributed by atoms with van der Waals surface area (Å²) in [6, 6.07) is 1.97. The molecule has 1 aromatic rings. The van der Waals surface area contributed by atoms with Crippen LogP contribution < -0.4 is 5.32 Å². The molecule has 8 heteroatoms. The lowest BCUT2D eigenvalue weighted by Gasteiger charge is -2.36. The van der Waals surface area contributed by atoms with Gasteiger partial charge in [-0.15, -0.1) is 0 Å². The lowest BCUT2D eigenvalue weighted by Crippen LogP contribution is -2.53. The van der Waals surface area contributed by atoms with E-state index in [9.17, 15) is 9.59 Å². The monoisotopic (exact) mass is 349 g/mol. The Balaban J connectivity index is 1.47. The van der Waals surface area contributed by atoms with Crippen molar-refractivity contribution in [1.29, 1.82) is 0 Å². The molecule has 0 aromatic carbocycles. The first kappa shape index (κ1) is 17.9. The molecule has 3 rings (SSSR count). The van der Waals surface area contributed by atoms with Gasteiger partial charge in [-0.25, -0.2) is 0 Å². The first-order valence-electron chi connectivity index (χ1n) is 8.96. The minimum atomic E-state index is -0.0334. The molecule has 0 unspecified atom stereocenters. The molecular formula is C17H27N5O3. The second-order valence-electron chi connectivity index (χ2n) is 6.84. The highest BCUT2D eigenvalue weighted by Crippen LogP contribution is 2.12. The molecule has 0 saturated carbocycles. The molecule has 1 N–H and O–H groups in total. The Hall–Kier alpha value is -1.93. The van der Waals surface area contributed by atoms with Gasteiger partial charge in [0.2, 0.25) is 11.8 Å². The number of rotatable bonds is 5. The van der Waals surface area contributed by atoms with E-state index in [4.69, 9.17) is 4.74 Å². The van der Waals surface area contributed by atoms with Crippen LogP contribution in [0.1, 0.15) is 19.8 Å². The molecular weight excluding hydrogens is 322 g/mol. The van der Waals surface area contributed by atoms with Crippen LogP contribution in [0, 0.1) is 0 Å². The lowest BCUT2D eigenvalue weighted by molar-refractivity contribution is -0.136. The van der Waals surface area contributed by atoms with E-state index in [1.165, 1.54) is 6.92 Å². The zero-order valence-electron chi connectivity index (χ0n) is 14.8. The van der Waals surface area contributed by atoms with Crippen molar-refractivity contribution in [2.24, 2.45) is 0 Å². The summed E-state index contributed by atoms with van der Waals surface area (Å²) in [6.45, 7) is 6.15. The Kier molecular flexibility index (Phi) is 6.04. The van der Waals surface area contributed by atoms with Gasteiger partial charge < -0.3 is 15.0 Å². The topological polar surface area (TPSA) is 79.7 Å². The van der Waals surface area contributed by atoms with Crippen molar-refractivity contribution < 1.29 is 14.3 Å². The van der Waals surface area contributed by atoms with Crippen LogP contribution in [-0.4, -0.2) is 82.9 Å². The van der Waals surface area contributed by atoms with E-state index in [-0.39, 0.29) is 24.0 Å². The van der Waals surface area contributed by atoms with Gasteiger partial charge >= 0.3 is 0 Å². The van der Waals surface area contributed by atoms with Crippen molar-refractivity contribution in [3.8, 4) is 0 Å². The van der Waals surface area contributed by atoms with Crippen molar-refractivity contribution in [1.82, 2.24) is 24.9 Å². The minimum absolute atomic E-state index is 0.0334. The van der Waals surface area contributed by atoms with E-state index in [0.29, 0.717) is 26.2 Å². The number of hydrogen-bond donors (Lipinski definition) is 1. The largest absolute Gasteiger partial charge is 0.374 e. The number of likely N-dealkylation sites (tertiary alicyclic amines) is 1. The van der Waals surface area contributed by atoms with Crippen LogP contribution in [0.15, 0.2) is 18.5 Å². The Labute approximate surface area is 148 Å². The van der Waals surface area contributed by atoms with E-state index in [1.54, 1.807) is 6.20 Å². The number of nitrogens with zero attached hydrogens (tertiary/aromatic N) is 4. The van der Waals surface area contributed by atoms with E-state index in [1.807, 2.05) is 21.8 Å². The third-order valence-electron chi connectivity index (χ3n) is 4.71. The molecule has 3 heterocycles. The fourth-order valence-electron chi connectivity index (χ4n) is 3.55. The van der Waals surface area contributed by atoms with E-state index in [0.717, 1.165) is 32.5 Å². The van der Waals surface area contributed by atoms with E-state index >= 15 is 0 Å². The van der Waals surface area contributed by atoms with E-state index < -0.39 is 0 Å². The predicted octanol–water partition coefficient (Wildman–Crippen LogP) is -0.289. The van der Waals surface area contributed by atoms with Crippen molar-refractivity contribution in [2.45, 2.75) is 38.5 Å². The maximum absolute atomic E-state index is 12.6. The van der Waals surface area contributed by atoms with Gasteiger partial charge in [-0.3, -0.25) is 19.2 Å². The SMILES string of the molecule is CC(=O)N[C@H]1CCCN(C(=O)CN2CCO[C@@H](Cn3cccn3)C2)C1. The smallest absolute Gasteiger partial charge is 0.236 e. The summed E-state index contributed by atoms with van der Waals surface area (Å²) in [4.78, 5) is 27.9. The van der Waals surface area contributed by atoms with Crippen LogP contribution in [0.4, 0.5) is 0 Å². The predicted molar refractivity (Wildman–Crippen MR) is 91.8 cm³/mol. The molecule has 0 aliphatic carbocycles. The van der Waals surface area contributed by atoms with Gasteiger partial charge in [0.15, 0.2) is 0 Å². The maximum Gasteiger partial charge on any atom is 0.236 e. The Morgan fingerprint density at radius 1 is 1.32 bits per heavy atom. The quantitative estimate of drug-likeness (QED) is 0.790. The number of morpholine rings is 1. The van der Waals surface area contributed by atoms with Gasteiger partial charge in [0.25, 0.3) is 0 Å². The Morgan fingerprint density at radius 2 is 2.20 bits per heavy atom. The second-order valence-corrected chi connectivity index (χ2v) is 6.84. The number of aromatic nitrogens is 2. The zero-order valence-corrected chi connectivity index (χ0v) is 14.8. The number of nitrogens with one attached hydrogen (secondary N) is 1. The number of hydrogen-bond acceptors (Lipinski definition) is 5. The van der Waals surface area contributed by atoms with Crippen LogP contribution in [0.2, 0.25) is 0 Å². The highest BCUT2D eigenvalue weighted by atomic mass is 16.5. The summed E-state index contributed by atoms with van der Waals surface area (Å²) in [6.07, 6.45) is 5.60. The summed E-state index contributed by atoms with van der Waals surface area (Å²) in [5.41, 5.74) is 0. The molecule has 25 heavy (non-hydrogen) atoms. The van der Waals surface area contributed by atoms with E-state index in [2.05, 4.69) is 15.3 Å². The standard InChI is InChI=1S/C17H27N5O3/c1-14(23)19-15-4-2-6-21(10-15)17(24)13-20-8-9-25-16(11-20)12-22-7-3-5-18-22/h3,5,7,15-16H,2,4,6,8-13H2,1H3,(H,19,23)/t15-,16+/m0/s1. The molecule has 0 bridgehead atoms. The van der Waals surface area contributed by atoms with Crippen LogP contribution >= 0.6 is 0 Å². The van der Waals surface area contributed by atoms with Crippen LogP contribution in [0.25, 0.3) is 0 Å². The highest BCUT2D eigenvalue weighted by Gasteiger charge is 2.27. The van der Waals surface area contributed by atoms with Crippen molar-refractivity contribution >= 4 is 11.8 Å². The summed E-state index contributed by atoms with van der Waals surface area (Å²) in [5, 5.41) is 7.14. The molecule has 2 amide bonds. The molecule has 2 aliphatic rings. The molecule has 8 nitrogen and oxygen atoms in total. The molecule has 2 atom stereocenters. The fourth-order valence-corrected chi connectivity index (χ4v) is 3.55. The first-order chi connectivity index (χ1) is 12.1. The van der Waals surface area contributed by atoms with Crippen LogP contribution in [0.3, 0.4) is 0 Å². The maximum atomic E-state index is 12.6. The van der Waals surface area contributed by atoms with Crippen molar-refractivity contribution in [3.05, 3.63) is 18.5 Å². The first-order valence-corrected chi connectivity index (χ1v) is 8.96. The third-order valence-corrected chi connectivity index (χ3v) is 4.71. The molecule has 138 valence electrons. The summed E-state index contributed by atoms with van der Waals surface area (Å²) in [7, 11) is 0. The molecule has 2 fully saturated rings. The van der Waals surface area contributed by atoms with Gasteiger partial charge in [-0.1, -0.05) is 0 Å². The molecule has 0 spiro atoms. The number of amides is 2. The van der Waals surface area contributed by atoms with Crippen molar-refractivity contribution in [3.63, 3.8) is 0 Å². The summed E-state index contributed by atoms with van der Waals surface area (Å²) < 4.78 is 7.65. The van der Waals surface area contributed by atoms with Gasteiger partial charge in [0, 0.05) is 51.5 Å². The molecule has 2 saturated heterocycles. The minimum Gasteiger partial charge on any atom is -0.374 e. The molecule has 2 aliphatic heterocycles.